The lowest BCUT2D eigenvalue weighted by atomic mass is 10.2. The summed E-state index contributed by atoms with van der Waals surface area (Å²) in [5.74, 6) is 0.0495. The minimum Gasteiger partial charge on any atom is -0.486 e. The van der Waals surface area contributed by atoms with Crippen molar-refractivity contribution in [3.05, 3.63) is 59.5 Å². The molecule has 0 spiro atoms. The largest absolute Gasteiger partial charge is 0.486 e. The molecule has 0 saturated carbocycles. The molecule has 1 aromatic heterocycles. The molecule has 2 aliphatic heterocycles. The smallest absolute Gasteiger partial charge is 0.248 e. The number of benzene rings is 2. The predicted molar refractivity (Wildman–Crippen MR) is 144 cm³/mol. The summed E-state index contributed by atoms with van der Waals surface area (Å²) in [4.78, 5) is 23.9. The Hall–Kier alpha value is -3.31. The van der Waals surface area contributed by atoms with Gasteiger partial charge in [-0.1, -0.05) is 17.7 Å². The summed E-state index contributed by atoms with van der Waals surface area (Å²) in [7, 11) is 0. The first-order valence-electron chi connectivity index (χ1n) is 12.6. The van der Waals surface area contributed by atoms with Crippen LogP contribution in [0.5, 0.6) is 5.75 Å². The van der Waals surface area contributed by atoms with Gasteiger partial charge in [-0.05, 0) is 30.7 Å². The first kappa shape index (κ1) is 26.3. The van der Waals surface area contributed by atoms with Crippen LogP contribution in [-0.2, 0) is 14.3 Å². The van der Waals surface area contributed by atoms with Crippen molar-refractivity contribution < 1.29 is 23.4 Å². The van der Waals surface area contributed by atoms with Gasteiger partial charge in [0.2, 0.25) is 11.9 Å². The Morgan fingerprint density at radius 2 is 2.13 bits per heavy atom. The van der Waals surface area contributed by atoms with Crippen LogP contribution in [0.1, 0.15) is 12.8 Å². The molecule has 5 rings (SSSR count). The summed E-state index contributed by atoms with van der Waals surface area (Å²) >= 11 is 5.88. The Kier molecular flexibility index (Phi) is 8.65. The lowest BCUT2D eigenvalue weighted by Crippen LogP contribution is -2.26. The molecule has 38 heavy (non-hydrogen) atoms. The van der Waals surface area contributed by atoms with Crippen molar-refractivity contribution in [1.82, 2.24) is 14.9 Å². The highest BCUT2D eigenvalue weighted by Crippen LogP contribution is 2.32. The first-order chi connectivity index (χ1) is 18.5. The predicted octanol–water partition coefficient (Wildman–Crippen LogP) is 4.55. The van der Waals surface area contributed by atoms with Crippen molar-refractivity contribution in [2.24, 2.45) is 0 Å². The summed E-state index contributed by atoms with van der Waals surface area (Å²) in [6, 6.07) is 7.85. The maximum absolute atomic E-state index is 13.5. The van der Waals surface area contributed by atoms with Crippen LogP contribution in [0.15, 0.2) is 48.7 Å². The molecule has 1 atom stereocenters. The van der Waals surface area contributed by atoms with Gasteiger partial charge in [0, 0.05) is 62.1 Å². The SMILES string of the molecule is O=C(C=CCN1CCCOCC1)Nc1cc2cnc(Nc3ccc(F)c(Cl)c3)nc2cc1O[C@H]1CCOC1. The van der Waals surface area contributed by atoms with Gasteiger partial charge in [-0.15, -0.1) is 0 Å². The zero-order chi connectivity index (χ0) is 26.3. The molecule has 200 valence electrons. The summed E-state index contributed by atoms with van der Waals surface area (Å²) in [6.07, 6.45) is 6.66. The van der Waals surface area contributed by atoms with Crippen molar-refractivity contribution in [1.29, 1.82) is 0 Å². The van der Waals surface area contributed by atoms with Gasteiger partial charge >= 0.3 is 0 Å². The van der Waals surface area contributed by atoms with E-state index in [-0.39, 0.29) is 17.0 Å². The molecular weight excluding hydrogens is 513 g/mol. The third-order valence-electron chi connectivity index (χ3n) is 6.24. The van der Waals surface area contributed by atoms with Crippen molar-refractivity contribution in [3.8, 4) is 5.75 Å². The Morgan fingerprint density at radius 3 is 2.97 bits per heavy atom. The number of amides is 1. The van der Waals surface area contributed by atoms with Crippen LogP contribution in [0.4, 0.5) is 21.7 Å². The van der Waals surface area contributed by atoms with E-state index >= 15 is 0 Å². The van der Waals surface area contributed by atoms with Crippen molar-refractivity contribution in [3.63, 3.8) is 0 Å². The topological polar surface area (TPSA) is 97.8 Å². The Morgan fingerprint density at radius 1 is 1.21 bits per heavy atom. The number of anilines is 3. The quantitative estimate of drug-likeness (QED) is 0.401. The molecule has 0 radical (unpaired) electrons. The molecule has 9 nitrogen and oxygen atoms in total. The molecule has 3 heterocycles. The number of halogens is 2. The zero-order valence-corrected chi connectivity index (χ0v) is 21.5. The molecular formula is C27H29ClFN5O4. The van der Waals surface area contributed by atoms with Gasteiger partial charge in [-0.2, -0.15) is 0 Å². The van der Waals surface area contributed by atoms with E-state index in [1.165, 1.54) is 18.2 Å². The van der Waals surface area contributed by atoms with Crippen LogP contribution in [0.2, 0.25) is 5.02 Å². The maximum Gasteiger partial charge on any atom is 0.248 e. The summed E-state index contributed by atoms with van der Waals surface area (Å²) in [6.45, 7) is 5.07. The fourth-order valence-electron chi connectivity index (χ4n) is 4.27. The van der Waals surface area contributed by atoms with Crippen molar-refractivity contribution in [2.45, 2.75) is 18.9 Å². The van der Waals surface area contributed by atoms with E-state index in [0.717, 1.165) is 32.5 Å². The second kappa shape index (κ2) is 12.5. The fraction of sp³-hybridized carbons (Fsp3) is 0.370. The number of hydrogen-bond acceptors (Lipinski definition) is 8. The Labute approximate surface area is 224 Å². The third-order valence-corrected chi connectivity index (χ3v) is 6.53. The highest BCUT2D eigenvalue weighted by molar-refractivity contribution is 6.31. The highest BCUT2D eigenvalue weighted by Gasteiger charge is 2.20. The lowest BCUT2D eigenvalue weighted by molar-refractivity contribution is -0.111. The number of carbonyl (C=O) groups excluding carboxylic acids is 1. The van der Waals surface area contributed by atoms with E-state index in [1.54, 1.807) is 24.4 Å². The Bertz CT molecular complexity index is 1310. The molecule has 0 aliphatic carbocycles. The van der Waals surface area contributed by atoms with E-state index in [2.05, 4.69) is 25.5 Å². The molecule has 3 aromatic rings. The number of ether oxygens (including phenoxy) is 3. The molecule has 2 fully saturated rings. The highest BCUT2D eigenvalue weighted by atomic mass is 35.5. The van der Waals surface area contributed by atoms with Gasteiger partial charge in [-0.3, -0.25) is 9.69 Å². The summed E-state index contributed by atoms with van der Waals surface area (Å²) in [5.41, 5.74) is 1.69. The first-order valence-corrected chi connectivity index (χ1v) is 13.0. The van der Waals surface area contributed by atoms with Gasteiger partial charge in [0.1, 0.15) is 17.7 Å². The average molecular weight is 542 g/mol. The van der Waals surface area contributed by atoms with Crippen LogP contribution in [-0.4, -0.2) is 72.9 Å². The van der Waals surface area contributed by atoms with E-state index < -0.39 is 5.82 Å². The molecule has 0 unspecified atom stereocenters. The van der Waals surface area contributed by atoms with Crippen molar-refractivity contribution in [2.75, 3.05) is 56.7 Å². The van der Waals surface area contributed by atoms with Gasteiger partial charge < -0.3 is 24.8 Å². The van der Waals surface area contributed by atoms with Gasteiger partial charge in [0.05, 0.1) is 36.0 Å². The van der Waals surface area contributed by atoms with Gasteiger partial charge in [0.25, 0.3) is 0 Å². The number of nitrogens with one attached hydrogen (secondary N) is 2. The van der Waals surface area contributed by atoms with Crippen LogP contribution in [0, 0.1) is 5.82 Å². The third kappa shape index (κ3) is 6.96. The second-order valence-electron chi connectivity index (χ2n) is 9.12. The molecule has 0 bridgehead atoms. The van der Waals surface area contributed by atoms with Gasteiger partial charge in [-0.25, -0.2) is 14.4 Å². The molecule has 2 aliphatic rings. The van der Waals surface area contributed by atoms with E-state index in [9.17, 15) is 9.18 Å². The second-order valence-corrected chi connectivity index (χ2v) is 9.52. The Balaban J connectivity index is 1.34. The molecule has 2 aromatic carbocycles. The number of fused-ring (bicyclic) bond motifs is 1. The standard InChI is InChI=1S/C27H29ClFN5O4/c28-21-14-19(4-5-22(21)29)31-27-30-16-18-13-24(25(15-23(18)33-27)38-20-6-11-37-17-20)32-26(35)3-1-7-34-8-2-10-36-12-9-34/h1,3-5,13-16,20H,2,6-12,17H2,(H,32,35)(H,30,31,33)/t20-/m0/s1. The van der Waals surface area contributed by atoms with Crippen LogP contribution in [0.3, 0.4) is 0 Å². The lowest BCUT2D eigenvalue weighted by Gasteiger charge is -2.17. The van der Waals surface area contributed by atoms with Gasteiger partial charge in [0.15, 0.2) is 0 Å². The zero-order valence-electron chi connectivity index (χ0n) is 20.8. The number of aromatic nitrogens is 2. The maximum atomic E-state index is 13.5. The normalized spacial score (nSPS) is 18.5. The van der Waals surface area contributed by atoms with E-state index in [0.29, 0.717) is 60.3 Å². The average Bonchev–Trinajstić information content (AvgIpc) is 3.28. The number of carbonyl (C=O) groups is 1. The van der Waals surface area contributed by atoms with E-state index in [1.807, 2.05) is 6.08 Å². The molecule has 11 heteroatoms. The number of nitrogens with zero attached hydrogens (tertiary/aromatic N) is 3. The van der Waals surface area contributed by atoms with Crippen LogP contribution >= 0.6 is 11.6 Å². The van der Waals surface area contributed by atoms with Crippen LogP contribution in [0.25, 0.3) is 10.9 Å². The van der Waals surface area contributed by atoms with Crippen molar-refractivity contribution >= 4 is 45.7 Å². The summed E-state index contributed by atoms with van der Waals surface area (Å²) in [5, 5.41) is 6.68. The molecule has 2 saturated heterocycles. The monoisotopic (exact) mass is 541 g/mol. The van der Waals surface area contributed by atoms with E-state index in [4.69, 9.17) is 25.8 Å². The minimum atomic E-state index is -0.504. The number of hydrogen-bond donors (Lipinski definition) is 2. The summed E-state index contributed by atoms with van der Waals surface area (Å²) < 4.78 is 30.6. The molecule has 2 N–H and O–H groups in total. The van der Waals surface area contributed by atoms with Crippen LogP contribution < -0.4 is 15.4 Å². The minimum absolute atomic E-state index is 0.000125. The molecule has 1 amide bonds. The number of rotatable bonds is 8. The fourth-order valence-corrected chi connectivity index (χ4v) is 4.45.